The Morgan fingerprint density at radius 2 is 0.526 bits per heavy atom. The van der Waals surface area contributed by atoms with Crippen molar-refractivity contribution >= 4 is 39.5 Å². The number of carbonyl (C=O) groups is 4. The molecular weight excluding hydrogens is 1270 g/mol. The van der Waals surface area contributed by atoms with Crippen molar-refractivity contribution < 1.29 is 80.2 Å². The molecule has 6 atom stereocenters. The Hall–Kier alpha value is -1.94. The van der Waals surface area contributed by atoms with Crippen LogP contribution in [-0.4, -0.2) is 96.7 Å². The summed E-state index contributed by atoms with van der Waals surface area (Å²) in [6, 6.07) is 0. The predicted molar refractivity (Wildman–Crippen MR) is 395 cm³/mol. The van der Waals surface area contributed by atoms with Crippen LogP contribution in [0, 0.1) is 11.8 Å². The van der Waals surface area contributed by atoms with E-state index in [9.17, 15) is 43.2 Å². The molecule has 19 heteroatoms. The number of phosphoric acid groups is 2. The third kappa shape index (κ3) is 70.9. The molecule has 0 spiro atoms. The Morgan fingerprint density at radius 3 is 0.784 bits per heavy atom. The summed E-state index contributed by atoms with van der Waals surface area (Å²) in [5.41, 5.74) is 0. The molecular formula is C78H152O17P2. The quantitative estimate of drug-likeness (QED) is 0.0222. The van der Waals surface area contributed by atoms with Gasteiger partial charge in [-0.15, -0.1) is 0 Å². The summed E-state index contributed by atoms with van der Waals surface area (Å²) in [4.78, 5) is 72.9. The number of unbranched alkanes of at least 4 members (excludes halogenated alkanes) is 46. The monoisotopic (exact) mass is 1420 g/mol. The second kappa shape index (κ2) is 69.8. The van der Waals surface area contributed by atoms with Gasteiger partial charge >= 0.3 is 39.5 Å². The summed E-state index contributed by atoms with van der Waals surface area (Å²) in [5.74, 6) is -0.631. The van der Waals surface area contributed by atoms with Crippen molar-refractivity contribution in [2.24, 2.45) is 11.8 Å². The van der Waals surface area contributed by atoms with Crippen molar-refractivity contribution in [1.82, 2.24) is 0 Å². The minimum atomic E-state index is -4.96. The van der Waals surface area contributed by atoms with Crippen LogP contribution in [-0.2, 0) is 65.4 Å². The fourth-order valence-corrected chi connectivity index (χ4v) is 13.6. The number of aliphatic hydroxyl groups excluding tert-OH is 1. The highest BCUT2D eigenvalue weighted by atomic mass is 31.2. The van der Waals surface area contributed by atoms with Gasteiger partial charge in [0.2, 0.25) is 0 Å². The number of ether oxygens (including phenoxy) is 4. The SMILES string of the molecule is CCCCCCCCCCCCCCCCCCCCCCC(=O)O[C@H](COC(=O)CCCCCCCCCCCCCCCC)COP(=O)(O)OC[C@@H](O)COP(=O)(O)OC[C@@H](COC(=O)CCCCCCCCC(C)CC)OC(=O)CCCCCCCCCCCCC(C)C. The summed E-state index contributed by atoms with van der Waals surface area (Å²) in [6.45, 7) is 9.56. The zero-order valence-corrected chi connectivity index (χ0v) is 65.2. The van der Waals surface area contributed by atoms with E-state index < -0.39 is 97.5 Å². The molecule has 0 aromatic rings. The molecule has 0 radical (unpaired) electrons. The maximum atomic E-state index is 13.1. The van der Waals surface area contributed by atoms with Crippen molar-refractivity contribution in [2.45, 2.75) is 426 Å². The molecule has 576 valence electrons. The summed E-state index contributed by atoms with van der Waals surface area (Å²) < 4.78 is 68.6. The molecule has 0 heterocycles. The summed E-state index contributed by atoms with van der Waals surface area (Å²) in [6.07, 6.45) is 58.3. The normalized spacial score (nSPS) is 14.2. The average Bonchev–Trinajstić information content (AvgIpc) is 1.22. The van der Waals surface area contributed by atoms with E-state index in [2.05, 4.69) is 41.5 Å². The van der Waals surface area contributed by atoms with Gasteiger partial charge in [-0.1, -0.05) is 356 Å². The maximum absolute atomic E-state index is 13.1. The van der Waals surface area contributed by atoms with E-state index >= 15 is 0 Å². The Kier molecular flexibility index (Phi) is 68.4. The first-order chi connectivity index (χ1) is 46.9. The van der Waals surface area contributed by atoms with Gasteiger partial charge in [0.05, 0.1) is 26.4 Å². The van der Waals surface area contributed by atoms with E-state index in [0.717, 1.165) is 108 Å². The van der Waals surface area contributed by atoms with Gasteiger partial charge in [0.15, 0.2) is 12.2 Å². The van der Waals surface area contributed by atoms with Crippen molar-refractivity contribution in [3.05, 3.63) is 0 Å². The molecule has 0 aliphatic heterocycles. The minimum Gasteiger partial charge on any atom is -0.462 e. The van der Waals surface area contributed by atoms with Crippen LogP contribution in [0.3, 0.4) is 0 Å². The molecule has 0 fully saturated rings. The Morgan fingerprint density at radius 1 is 0.299 bits per heavy atom. The lowest BCUT2D eigenvalue weighted by Gasteiger charge is -2.21. The Balaban J connectivity index is 5.23. The van der Waals surface area contributed by atoms with Gasteiger partial charge in [0.25, 0.3) is 0 Å². The highest BCUT2D eigenvalue weighted by molar-refractivity contribution is 7.47. The smallest absolute Gasteiger partial charge is 0.462 e. The van der Waals surface area contributed by atoms with E-state index in [4.69, 9.17) is 37.0 Å². The molecule has 3 unspecified atom stereocenters. The minimum absolute atomic E-state index is 0.105. The molecule has 3 N–H and O–H groups in total. The second-order valence-electron chi connectivity index (χ2n) is 28.8. The Bertz CT molecular complexity index is 1870. The topological polar surface area (TPSA) is 237 Å². The van der Waals surface area contributed by atoms with E-state index in [1.807, 2.05) is 0 Å². The van der Waals surface area contributed by atoms with E-state index in [1.165, 1.54) is 218 Å². The van der Waals surface area contributed by atoms with E-state index in [1.54, 1.807) is 0 Å². The van der Waals surface area contributed by atoms with Crippen LogP contribution in [0.5, 0.6) is 0 Å². The van der Waals surface area contributed by atoms with Gasteiger partial charge < -0.3 is 33.8 Å². The van der Waals surface area contributed by atoms with Crippen molar-refractivity contribution in [1.29, 1.82) is 0 Å². The second-order valence-corrected chi connectivity index (χ2v) is 31.7. The van der Waals surface area contributed by atoms with Crippen LogP contribution < -0.4 is 0 Å². The Labute approximate surface area is 594 Å². The standard InChI is InChI=1S/C78H152O17P2/c1-7-10-12-14-16-18-20-22-24-25-26-27-28-29-31-33-38-42-50-56-62-77(82)94-73(66-88-75(80)60-54-48-41-37-32-30-23-21-19-17-15-13-11-8-2)68-92-96(84,85)90-64-72(79)65-91-97(86,87)93-69-74(67-89-76(81)61-55-49-45-44-47-53-59-71(6)9-3)95-78(83)63-57-51-43-39-35-34-36-40-46-52-58-70(4)5/h70-74,79H,7-69H2,1-6H3,(H,84,85)(H,86,87)/t71?,72-,73-,74-/m1/s1. The van der Waals surface area contributed by atoms with Gasteiger partial charge in [-0.25, -0.2) is 9.13 Å². The third-order valence-corrected chi connectivity index (χ3v) is 20.5. The number of rotatable bonds is 77. The first kappa shape index (κ1) is 95.1. The molecule has 0 aliphatic carbocycles. The highest BCUT2D eigenvalue weighted by Gasteiger charge is 2.30. The highest BCUT2D eigenvalue weighted by Crippen LogP contribution is 2.45. The van der Waals surface area contributed by atoms with Gasteiger partial charge in [0, 0.05) is 25.7 Å². The zero-order valence-electron chi connectivity index (χ0n) is 63.4. The third-order valence-electron chi connectivity index (χ3n) is 18.6. The number of hydrogen-bond acceptors (Lipinski definition) is 15. The lowest BCUT2D eigenvalue weighted by Crippen LogP contribution is -2.30. The number of esters is 4. The molecule has 0 aromatic heterocycles. The molecule has 0 aromatic carbocycles. The molecule has 0 rings (SSSR count). The van der Waals surface area contributed by atoms with Crippen LogP contribution >= 0.6 is 15.6 Å². The number of carbonyl (C=O) groups excluding carboxylic acids is 4. The summed E-state index contributed by atoms with van der Waals surface area (Å²) >= 11 is 0. The predicted octanol–water partition coefficient (Wildman–Crippen LogP) is 23.1. The van der Waals surface area contributed by atoms with Crippen molar-refractivity contribution in [3.8, 4) is 0 Å². The van der Waals surface area contributed by atoms with Crippen LogP contribution in [0.25, 0.3) is 0 Å². The van der Waals surface area contributed by atoms with Gasteiger partial charge in [-0.3, -0.25) is 37.3 Å². The van der Waals surface area contributed by atoms with Gasteiger partial charge in [-0.2, -0.15) is 0 Å². The van der Waals surface area contributed by atoms with Gasteiger partial charge in [-0.05, 0) is 37.5 Å². The fourth-order valence-electron chi connectivity index (χ4n) is 12.0. The summed E-state index contributed by atoms with van der Waals surface area (Å²) in [7, 11) is -9.91. The molecule has 0 amide bonds. The van der Waals surface area contributed by atoms with Gasteiger partial charge in [0.1, 0.15) is 19.3 Å². The molecule has 0 bridgehead atoms. The largest absolute Gasteiger partial charge is 0.472 e. The first-order valence-corrected chi connectivity index (χ1v) is 43.5. The van der Waals surface area contributed by atoms with E-state index in [-0.39, 0.29) is 25.7 Å². The molecule has 17 nitrogen and oxygen atoms in total. The van der Waals surface area contributed by atoms with Crippen LogP contribution in [0.15, 0.2) is 0 Å². The molecule has 97 heavy (non-hydrogen) atoms. The van der Waals surface area contributed by atoms with Crippen LogP contribution in [0.4, 0.5) is 0 Å². The number of phosphoric ester groups is 2. The lowest BCUT2D eigenvalue weighted by atomic mass is 10.00. The summed E-state index contributed by atoms with van der Waals surface area (Å²) in [5, 5.41) is 10.6. The molecule has 0 aliphatic rings. The number of hydrogen-bond donors (Lipinski definition) is 3. The average molecular weight is 1420 g/mol. The zero-order chi connectivity index (χ0) is 71.4. The first-order valence-electron chi connectivity index (χ1n) is 40.5. The fraction of sp³-hybridized carbons (Fsp3) is 0.949. The number of aliphatic hydroxyl groups is 1. The maximum Gasteiger partial charge on any atom is 0.472 e. The molecule has 0 saturated carbocycles. The van der Waals surface area contributed by atoms with Crippen LogP contribution in [0.1, 0.15) is 408 Å². The van der Waals surface area contributed by atoms with E-state index in [0.29, 0.717) is 25.7 Å². The van der Waals surface area contributed by atoms with Crippen molar-refractivity contribution in [3.63, 3.8) is 0 Å². The van der Waals surface area contributed by atoms with Crippen molar-refractivity contribution in [2.75, 3.05) is 39.6 Å². The lowest BCUT2D eigenvalue weighted by molar-refractivity contribution is -0.161. The molecule has 0 saturated heterocycles. The van der Waals surface area contributed by atoms with Crippen LogP contribution in [0.2, 0.25) is 0 Å².